The molecule has 19 heavy (non-hydrogen) atoms. The molecule has 1 fully saturated rings. The van der Waals surface area contributed by atoms with Crippen LogP contribution in [0.1, 0.15) is 80.9 Å². The van der Waals surface area contributed by atoms with Crippen molar-refractivity contribution < 1.29 is 0 Å². The van der Waals surface area contributed by atoms with Crippen LogP contribution in [0.5, 0.6) is 0 Å². The van der Waals surface area contributed by atoms with Gasteiger partial charge in [0.2, 0.25) is 0 Å². The van der Waals surface area contributed by atoms with Crippen LogP contribution in [0.15, 0.2) is 6.20 Å². The highest BCUT2D eigenvalue weighted by atomic mass is 14.9. The molecule has 3 heteroatoms. The molecule has 0 spiro atoms. The topological polar surface area (TPSA) is 37.8 Å². The lowest BCUT2D eigenvalue weighted by atomic mass is 9.84. The van der Waals surface area contributed by atoms with E-state index in [1.165, 1.54) is 56.2 Å². The molecule has 1 aromatic rings. The van der Waals surface area contributed by atoms with Gasteiger partial charge < -0.3 is 5.32 Å². The molecule has 104 valence electrons. The van der Waals surface area contributed by atoms with Crippen LogP contribution in [0.25, 0.3) is 0 Å². The maximum atomic E-state index is 4.90. The first-order valence-electron chi connectivity index (χ1n) is 7.97. The Bertz CT molecular complexity index is 426. The zero-order valence-corrected chi connectivity index (χ0v) is 12.0. The number of nitrogens with one attached hydrogen (secondary N) is 1. The molecule has 1 N–H and O–H groups in total. The molecule has 0 aliphatic heterocycles. The second-order valence-corrected chi connectivity index (χ2v) is 6.01. The van der Waals surface area contributed by atoms with Crippen LogP contribution < -0.4 is 5.32 Å². The summed E-state index contributed by atoms with van der Waals surface area (Å²) in [7, 11) is 0. The van der Waals surface area contributed by atoms with Crippen molar-refractivity contribution in [2.45, 2.75) is 70.3 Å². The van der Waals surface area contributed by atoms with E-state index in [0.717, 1.165) is 18.8 Å². The summed E-state index contributed by atoms with van der Waals surface area (Å²) in [4.78, 5) is 9.57. The Balaban J connectivity index is 1.82. The van der Waals surface area contributed by atoms with Crippen molar-refractivity contribution in [1.29, 1.82) is 0 Å². The molecule has 1 saturated carbocycles. The summed E-state index contributed by atoms with van der Waals surface area (Å²) < 4.78 is 0. The van der Waals surface area contributed by atoms with Gasteiger partial charge >= 0.3 is 0 Å². The first kappa shape index (κ1) is 13.0. The third kappa shape index (κ3) is 2.81. The van der Waals surface area contributed by atoms with Crippen molar-refractivity contribution in [3.63, 3.8) is 0 Å². The number of rotatable bonds is 4. The molecule has 2 aliphatic rings. The van der Waals surface area contributed by atoms with Gasteiger partial charge in [-0.05, 0) is 45.1 Å². The molecule has 0 amide bonds. The Morgan fingerprint density at radius 2 is 2.11 bits per heavy atom. The highest BCUT2D eigenvalue weighted by molar-refractivity contribution is 5.24. The Hall–Kier alpha value is -0.960. The summed E-state index contributed by atoms with van der Waals surface area (Å²) in [5.74, 6) is 1.76. The smallest absolute Gasteiger partial charge is 0.131 e. The van der Waals surface area contributed by atoms with Gasteiger partial charge in [-0.1, -0.05) is 19.8 Å². The van der Waals surface area contributed by atoms with Crippen LogP contribution in [0.2, 0.25) is 0 Å². The maximum Gasteiger partial charge on any atom is 0.131 e. The second-order valence-electron chi connectivity index (χ2n) is 6.01. The highest BCUT2D eigenvalue weighted by Gasteiger charge is 2.25. The quantitative estimate of drug-likeness (QED) is 0.841. The molecule has 1 atom stereocenters. The zero-order valence-electron chi connectivity index (χ0n) is 12.0. The summed E-state index contributed by atoms with van der Waals surface area (Å²) in [6.45, 7) is 3.31. The van der Waals surface area contributed by atoms with Crippen molar-refractivity contribution in [3.05, 3.63) is 23.3 Å². The fraction of sp³-hybridized carbons (Fsp3) is 0.750. The maximum absolute atomic E-state index is 4.90. The third-order valence-corrected chi connectivity index (χ3v) is 4.56. The van der Waals surface area contributed by atoms with Gasteiger partial charge in [0.05, 0.1) is 0 Å². The molecule has 1 aromatic heterocycles. The van der Waals surface area contributed by atoms with Gasteiger partial charge in [-0.2, -0.15) is 0 Å². The summed E-state index contributed by atoms with van der Waals surface area (Å²) in [5.41, 5.74) is 2.69. The van der Waals surface area contributed by atoms with Gasteiger partial charge in [0, 0.05) is 29.4 Å². The predicted octanol–water partition coefficient (Wildman–Crippen LogP) is 3.51. The molecule has 0 bridgehead atoms. The molecule has 3 rings (SSSR count). The van der Waals surface area contributed by atoms with E-state index < -0.39 is 0 Å². The van der Waals surface area contributed by atoms with Crippen LogP contribution in [0.4, 0.5) is 0 Å². The molecular formula is C16H25N3. The SMILES string of the molecule is CCCNC1CCCCc2nc(C3CCC3)ncc21. The van der Waals surface area contributed by atoms with Crippen molar-refractivity contribution in [2.24, 2.45) is 0 Å². The minimum atomic E-state index is 0.480. The van der Waals surface area contributed by atoms with Gasteiger partial charge in [-0.3, -0.25) is 0 Å². The Morgan fingerprint density at radius 1 is 1.21 bits per heavy atom. The van der Waals surface area contributed by atoms with Gasteiger partial charge in [0.15, 0.2) is 0 Å². The molecule has 0 radical (unpaired) electrons. The van der Waals surface area contributed by atoms with Crippen molar-refractivity contribution in [1.82, 2.24) is 15.3 Å². The zero-order chi connectivity index (χ0) is 13.1. The first-order chi connectivity index (χ1) is 9.38. The van der Waals surface area contributed by atoms with E-state index in [1.54, 1.807) is 0 Å². The standard InChI is InChI=1S/C16H25N3/c1-2-10-17-14-8-3-4-9-15-13(14)11-18-16(19-15)12-6-5-7-12/h11-12,14,17H,2-10H2,1H3. The van der Waals surface area contributed by atoms with E-state index in [4.69, 9.17) is 4.98 Å². The van der Waals surface area contributed by atoms with Crippen molar-refractivity contribution in [3.8, 4) is 0 Å². The Morgan fingerprint density at radius 3 is 2.84 bits per heavy atom. The number of fused-ring (bicyclic) bond motifs is 1. The van der Waals surface area contributed by atoms with E-state index in [1.807, 2.05) is 0 Å². The Kier molecular flexibility index (Phi) is 4.12. The van der Waals surface area contributed by atoms with E-state index in [9.17, 15) is 0 Å². The summed E-state index contributed by atoms with van der Waals surface area (Å²) in [6.07, 6.45) is 12.2. The van der Waals surface area contributed by atoms with Crippen LogP contribution >= 0.6 is 0 Å². The van der Waals surface area contributed by atoms with Gasteiger partial charge in [0.25, 0.3) is 0 Å². The summed E-state index contributed by atoms with van der Waals surface area (Å²) in [5, 5.41) is 3.66. The second kappa shape index (κ2) is 6.00. The highest BCUT2D eigenvalue weighted by Crippen LogP contribution is 2.35. The lowest BCUT2D eigenvalue weighted by Gasteiger charge is -2.25. The summed E-state index contributed by atoms with van der Waals surface area (Å²) in [6, 6.07) is 0.480. The Labute approximate surface area is 116 Å². The molecule has 2 aliphatic carbocycles. The molecule has 3 nitrogen and oxygen atoms in total. The van der Waals surface area contributed by atoms with Gasteiger partial charge in [-0.15, -0.1) is 0 Å². The lowest BCUT2D eigenvalue weighted by Crippen LogP contribution is -2.23. The van der Waals surface area contributed by atoms with Gasteiger partial charge in [0.1, 0.15) is 5.82 Å². The first-order valence-corrected chi connectivity index (χ1v) is 7.97. The number of aromatic nitrogens is 2. The van der Waals surface area contributed by atoms with Crippen LogP contribution in [0, 0.1) is 0 Å². The largest absolute Gasteiger partial charge is 0.310 e. The van der Waals surface area contributed by atoms with E-state index in [0.29, 0.717) is 12.0 Å². The average molecular weight is 259 g/mol. The van der Waals surface area contributed by atoms with Crippen LogP contribution in [-0.2, 0) is 6.42 Å². The third-order valence-electron chi connectivity index (χ3n) is 4.56. The predicted molar refractivity (Wildman–Crippen MR) is 77.2 cm³/mol. The number of hydrogen-bond acceptors (Lipinski definition) is 3. The fourth-order valence-corrected chi connectivity index (χ4v) is 3.12. The summed E-state index contributed by atoms with van der Waals surface area (Å²) >= 11 is 0. The van der Waals surface area contributed by atoms with Gasteiger partial charge in [-0.25, -0.2) is 9.97 Å². The van der Waals surface area contributed by atoms with E-state index in [-0.39, 0.29) is 0 Å². The normalized spacial score (nSPS) is 23.5. The number of hydrogen-bond donors (Lipinski definition) is 1. The van der Waals surface area contributed by atoms with E-state index >= 15 is 0 Å². The monoisotopic (exact) mass is 259 g/mol. The minimum absolute atomic E-state index is 0.480. The molecule has 1 unspecified atom stereocenters. The molecular weight excluding hydrogens is 234 g/mol. The average Bonchev–Trinajstić information content (AvgIpc) is 2.56. The van der Waals surface area contributed by atoms with E-state index in [2.05, 4.69) is 23.4 Å². The molecule has 0 saturated heterocycles. The fourth-order valence-electron chi connectivity index (χ4n) is 3.12. The molecule has 1 heterocycles. The van der Waals surface area contributed by atoms with Crippen molar-refractivity contribution in [2.75, 3.05) is 6.54 Å². The molecule has 0 aromatic carbocycles. The van der Waals surface area contributed by atoms with Crippen LogP contribution in [0.3, 0.4) is 0 Å². The lowest BCUT2D eigenvalue weighted by molar-refractivity contribution is 0.399. The number of aryl methyl sites for hydroxylation is 1. The minimum Gasteiger partial charge on any atom is -0.310 e. The van der Waals surface area contributed by atoms with Crippen molar-refractivity contribution >= 4 is 0 Å². The van der Waals surface area contributed by atoms with Crippen LogP contribution in [-0.4, -0.2) is 16.5 Å². The number of nitrogens with zero attached hydrogens (tertiary/aromatic N) is 2.